The van der Waals surface area contributed by atoms with Crippen LogP contribution < -0.4 is 14.7 Å². The summed E-state index contributed by atoms with van der Waals surface area (Å²) in [6.45, 7) is 0. The summed E-state index contributed by atoms with van der Waals surface area (Å²) in [7, 11) is 0. The molecule has 4 nitrogen and oxygen atoms in total. The fourth-order valence-electron chi connectivity index (χ4n) is 15.7. The molecule has 0 fully saturated rings. The maximum Gasteiger partial charge on any atom is 0.0771 e. The van der Waals surface area contributed by atoms with Crippen LogP contribution in [0.25, 0.3) is 48.4 Å². The number of hydrogen-bond acceptors (Lipinski definition) is 5. The Morgan fingerprint density at radius 1 is 0.365 bits per heavy atom. The molecule has 19 rings (SSSR count). The SMILES string of the molecule is C1=CC2=C(c3ccccc3)C=CC3=CC=C4C(c5cccc(N6c7ccccc7C7(c8ccsc8-c8sccc87)c7ccc8c(c76)c6ccccc6n8-c6ccc7c(c6)N(c6ccccc6)c6ccccc6N7c6ccccc6)c5)=CC=C1C4C32. The molecule has 5 heterocycles. The van der Waals surface area contributed by atoms with Crippen molar-refractivity contribution >= 4 is 107 Å². The molecule has 0 radical (unpaired) electrons. The molecule has 5 aliphatic carbocycles. The van der Waals surface area contributed by atoms with E-state index < -0.39 is 5.41 Å². The lowest BCUT2D eigenvalue weighted by Gasteiger charge is -2.45. The monoisotopic (exact) mass is 1120 g/mol. The number of thiophene rings is 2. The normalized spacial score (nSPS) is 17.8. The number of para-hydroxylation sites is 6. The Morgan fingerprint density at radius 3 is 1.74 bits per heavy atom. The van der Waals surface area contributed by atoms with Crippen LogP contribution in [-0.2, 0) is 5.41 Å². The summed E-state index contributed by atoms with van der Waals surface area (Å²) in [5.41, 5.74) is 29.0. The van der Waals surface area contributed by atoms with Crippen molar-refractivity contribution in [1.29, 1.82) is 0 Å². The lowest BCUT2D eigenvalue weighted by molar-refractivity contribution is 0.569. The van der Waals surface area contributed by atoms with Crippen molar-refractivity contribution in [1.82, 2.24) is 4.57 Å². The third kappa shape index (κ3) is 6.45. The Hall–Kier alpha value is -10.2. The molecular weight excluding hydrogens is 1070 g/mol. The number of allylic oxidation sites excluding steroid dienone is 14. The fraction of sp³-hybridized carbons (Fsp3) is 0.0380. The zero-order valence-corrected chi connectivity index (χ0v) is 47.6. The average molecular weight is 1120 g/mol. The van der Waals surface area contributed by atoms with E-state index in [1.165, 1.54) is 98.7 Å². The first-order valence-corrected chi connectivity index (χ1v) is 31.1. The minimum Gasteiger partial charge on any atom is -0.309 e. The van der Waals surface area contributed by atoms with Crippen LogP contribution in [0.5, 0.6) is 0 Å². The highest BCUT2D eigenvalue weighted by Crippen LogP contribution is 2.67. The van der Waals surface area contributed by atoms with Crippen LogP contribution in [0.4, 0.5) is 51.2 Å². The second-order valence-electron chi connectivity index (χ2n) is 23.1. The quantitative estimate of drug-likeness (QED) is 0.165. The molecule has 7 aliphatic rings. The highest BCUT2D eigenvalue weighted by Gasteiger charge is 2.54. The predicted molar refractivity (Wildman–Crippen MR) is 356 cm³/mol. The average Bonchev–Trinajstić information content (AvgIpc) is 1.67. The first-order valence-electron chi connectivity index (χ1n) is 29.4. The molecule has 0 N–H and O–H groups in total. The van der Waals surface area contributed by atoms with Gasteiger partial charge in [0.15, 0.2) is 0 Å². The van der Waals surface area contributed by atoms with Crippen molar-refractivity contribution in [3.8, 4) is 15.4 Å². The highest BCUT2D eigenvalue weighted by atomic mass is 32.1. The number of rotatable bonds is 6. The first-order chi connectivity index (χ1) is 42.2. The van der Waals surface area contributed by atoms with Crippen molar-refractivity contribution in [2.24, 2.45) is 11.8 Å². The Morgan fingerprint density at radius 2 is 0.976 bits per heavy atom. The third-order valence-corrected chi connectivity index (χ3v) is 21.1. The zero-order valence-electron chi connectivity index (χ0n) is 46.0. The zero-order chi connectivity index (χ0) is 55.5. The van der Waals surface area contributed by atoms with Gasteiger partial charge in [0.2, 0.25) is 0 Å². The van der Waals surface area contributed by atoms with Gasteiger partial charge in [0.25, 0.3) is 0 Å². The Kier molecular flexibility index (Phi) is 9.95. The van der Waals surface area contributed by atoms with E-state index in [0.29, 0.717) is 0 Å². The van der Waals surface area contributed by atoms with Gasteiger partial charge in [-0.15, -0.1) is 22.7 Å². The van der Waals surface area contributed by atoms with E-state index >= 15 is 0 Å². The maximum atomic E-state index is 2.63. The molecule has 398 valence electrons. The molecule has 2 unspecified atom stereocenters. The van der Waals surface area contributed by atoms with E-state index in [4.69, 9.17) is 0 Å². The molecule has 85 heavy (non-hydrogen) atoms. The summed E-state index contributed by atoms with van der Waals surface area (Å²) in [5.74, 6) is 0.465. The van der Waals surface area contributed by atoms with Crippen molar-refractivity contribution < 1.29 is 0 Å². The molecule has 9 aromatic carbocycles. The lowest BCUT2D eigenvalue weighted by Crippen LogP contribution is -2.36. The summed E-state index contributed by atoms with van der Waals surface area (Å²) in [5, 5.41) is 7.06. The summed E-state index contributed by atoms with van der Waals surface area (Å²) < 4.78 is 2.53. The van der Waals surface area contributed by atoms with Crippen LogP contribution in [0.2, 0.25) is 0 Å². The highest BCUT2D eigenvalue weighted by molar-refractivity contribution is 7.21. The molecule has 6 heteroatoms. The summed E-state index contributed by atoms with van der Waals surface area (Å²) >= 11 is 3.75. The van der Waals surface area contributed by atoms with E-state index in [1.807, 2.05) is 22.7 Å². The minimum absolute atomic E-state index is 0.218. The van der Waals surface area contributed by atoms with E-state index in [9.17, 15) is 0 Å². The molecular formula is C79H50N4S2. The number of aromatic nitrogens is 1. The first kappa shape index (κ1) is 47.3. The second kappa shape index (κ2) is 17.9. The van der Waals surface area contributed by atoms with Gasteiger partial charge >= 0.3 is 0 Å². The minimum atomic E-state index is -0.546. The fourth-order valence-corrected chi connectivity index (χ4v) is 17.8. The smallest absolute Gasteiger partial charge is 0.0771 e. The van der Waals surface area contributed by atoms with Gasteiger partial charge in [0, 0.05) is 55.1 Å². The van der Waals surface area contributed by atoms with Crippen LogP contribution in [0.3, 0.4) is 0 Å². The van der Waals surface area contributed by atoms with Gasteiger partial charge in [-0.1, -0.05) is 182 Å². The molecule has 0 bridgehead atoms. The molecule has 0 saturated heterocycles. The number of anilines is 9. The van der Waals surface area contributed by atoms with Gasteiger partial charge in [-0.25, -0.2) is 0 Å². The summed E-state index contributed by atoms with van der Waals surface area (Å²) in [6.07, 6.45) is 19.0. The second-order valence-corrected chi connectivity index (χ2v) is 24.9. The standard InChI is InChI=1S/C79H50N4S2/c1-4-17-49(18-5-1)57-36-31-50-34-39-60-58(37-32-51-33-38-59(57)73(50)74(51)60)52-19-16-24-55(47-52)83-67-28-13-11-26-62(67)79(64-43-45-84-77(64)78-65(79)44-46-85-78)63-40-42-71-75(76(63)83)61-25-10-12-27-66(61)82(71)56-35-41-70-72(48-56)81(54-22-8-3-9-23-54)69-30-15-14-29-68(69)80(70)53-20-6-2-7-21-53/h1-48,73-74H. The third-order valence-electron chi connectivity index (χ3n) is 19.1. The van der Waals surface area contributed by atoms with E-state index in [-0.39, 0.29) is 11.8 Å². The molecule has 1 spiro atoms. The van der Waals surface area contributed by atoms with Gasteiger partial charge in [-0.2, -0.15) is 0 Å². The van der Waals surface area contributed by atoms with Gasteiger partial charge in [0.1, 0.15) is 0 Å². The number of nitrogens with zero attached hydrogens (tertiary/aromatic N) is 4. The van der Waals surface area contributed by atoms with Crippen molar-refractivity contribution in [3.63, 3.8) is 0 Å². The van der Waals surface area contributed by atoms with E-state index in [1.54, 1.807) is 0 Å². The maximum absolute atomic E-state index is 2.63. The predicted octanol–water partition coefficient (Wildman–Crippen LogP) is 21.3. The number of fused-ring (bicyclic) bond motifs is 15. The Bertz CT molecular complexity index is 5060. The molecule has 3 aromatic heterocycles. The van der Waals surface area contributed by atoms with Crippen LogP contribution >= 0.6 is 22.7 Å². The van der Waals surface area contributed by atoms with Crippen LogP contribution in [0.15, 0.2) is 312 Å². The van der Waals surface area contributed by atoms with Gasteiger partial charge in [-0.3, -0.25) is 0 Å². The van der Waals surface area contributed by atoms with Gasteiger partial charge < -0.3 is 19.3 Å². The summed E-state index contributed by atoms with van der Waals surface area (Å²) in [4.78, 5) is 10.3. The van der Waals surface area contributed by atoms with Crippen LogP contribution in [0.1, 0.15) is 33.4 Å². The van der Waals surface area contributed by atoms with Crippen molar-refractivity contribution in [2.45, 2.75) is 5.41 Å². The van der Waals surface area contributed by atoms with Crippen molar-refractivity contribution in [3.05, 3.63) is 346 Å². The lowest BCUT2D eigenvalue weighted by atomic mass is 9.61. The molecule has 12 aromatic rings. The summed E-state index contributed by atoms with van der Waals surface area (Å²) in [6, 6.07) is 86.1. The van der Waals surface area contributed by atoms with Crippen molar-refractivity contribution in [2.75, 3.05) is 14.7 Å². The van der Waals surface area contributed by atoms with Crippen LogP contribution in [-0.4, -0.2) is 4.57 Å². The van der Waals surface area contributed by atoms with E-state index in [2.05, 4.69) is 309 Å². The van der Waals surface area contributed by atoms with Crippen LogP contribution in [0, 0.1) is 11.8 Å². The van der Waals surface area contributed by atoms with Gasteiger partial charge in [-0.05, 0) is 175 Å². The largest absolute Gasteiger partial charge is 0.309 e. The number of benzene rings is 9. The molecule has 2 atom stereocenters. The van der Waals surface area contributed by atoms with E-state index in [0.717, 1.165) is 56.5 Å². The topological polar surface area (TPSA) is 14.7 Å². The number of hydrogen-bond donors (Lipinski definition) is 0. The Labute approximate surface area is 501 Å². The molecule has 2 aliphatic heterocycles. The Balaban J connectivity index is 0.843. The van der Waals surface area contributed by atoms with Gasteiger partial charge in [0.05, 0.1) is 50.6 Å². The molecule has 0 amide bonds. The molecule has 0 saturated carbocycles.